The second-order valence-corrected chi connectivity index (χ2v) is 12.1. The van der Waals surface area contributed by atoms with Gasteiger partial charge >= 0.3 is 5.97 Å². The Bertz CT molecular complexity index is 1510. The van der Waals surface area contributed by atoms with E-state index in [1.165, 1.54) is 13.8 Å². The molecule has 2 aliphatic rings. The van der Waals surface area contributed by atoms with Crippen molar-refractivity contribution in [2.24, 2.45) is 5.92 Å². The predicted molar refractivity (Wildman–Crippen MR) is 174 cm³/mol. The van der Waals surface area contributed by atoms with Crippen LogP contribution in [0.5, 0.6) is 0 Å². The van der Waals surface area contributed by atoms with Crippen LogP contribution in [-0.2, 0) is 37.0 Å². The molecule has 0 saturated carbocycles. The molecule has 0 spiro atoms. The van der Waals surface area contributed by atoms with Crippen molar-refractivity contribution in [2.45, 2.75) is 58.5 Å². The molecule has 2 saturated heterocycles. The molecule has 2 aliphatic heterocycles. The van der Waals surface area contributed by atoms with Crippen LogP contribution in [0.25, 0.3) is 0 Å². The molecule has 2 N–H and O–H groups in total. The molecule has 3 aromatic rings. The zero-order valence-electron chi connectivity index (χ0n) is 26.9. The van der Waals surface area contributed by atoms with E-state index in [1.807, 2.05) is 48.5 Å². The smallest absolute Gasteiger partial charge is 0.303 e. The van der Waals surface area contributed by atoms with Crippen LogP contribution in [0.1, 0.15) is 55.4 Å². The van der Waals surface area contributed by atoms with Gasteiger partial charge in [-0.3, -0.25) is 24.6 Å². The van der Waals surface area contributed by atoms with E-state index in [2.05, 4.69) is 22.0 Å². The number of nitro groups is 1. The van der Waals surface area contributed by atoms with Gasteiger partial charge in [-0.15, -0.1) is 0 Å². The lowest BCUT2D eigenvalue weighted by molar-refractivity contribution is -0.384. The van der Waals surface area contributed by atoms with Gasteiger partial charge in [-0.2, -0.15) is 0 Å². The lowest BCUT2D eigenvalue weighted by Gasteiger charge is -2.44. The maximum Gasteiger partial charge on any atom is 0.303 e. The molecule has 1 amide bonds. The quantitative estimate of drug-likeness (QED) is 0.176. The molecule has 0 radical (unpaired) electrons. The number of rotatable bonds is 11. The summed E-state index contributed by atoms with van der Waals surface area (Å²) < 4.78 is 18.2. The first-order valence-electron chi connectivity index (χ1n) is 15.9. The fraction of sp³-hybridized carbons (Fsp3) is 0.429. The maximum atomic E-state index is 12.3. The third kappa shape index (κ3) is 8.72. The Kier molecular flexibility index (Phi) is 11.2. The van der Waals surface area contributed by atoms with Crippen LogP contribution in [0.4, 0.5) is 11.4 Å². The number of aliphatic hydroxyl groups is 1. The molecular formula is C35H42N4O8. The Morgan fingerprint density at radius 2 is 1.57 bits per heavy atom. The molecule has 47 heavy (non-hydrogen) atoms. The molecule has 5 rings (SSSR count). The SMILES string of the molecule is CC(=O)O[C@@H](C)C(=O)NCc1ccc([C@@H]2O[C@H](CN3CCN(c4ccc([N+](=O)[O-])cc4)CC3)[C@H](C)[C@H](c3ccc(CO)cc3)O2)cc1. The lowest BCUT2D eigenvalue weighted by Crippen LogP contribution is -2.51. The van der Waals surface area contributed by atoms with Crippen LogP contribution in [0.15, 0.2) is 72.8 Å². The van der Waals surface area contributed by atoms with Crippen molar-refractivity contribution >= 4 is 23.3 Å². The van der Waals surface area contributed by atoms with Crippen molar-refractivity contribution < 1.29 is 33.8 Å². The molecule has 12 heteroatoms. The minimum absolute atomic E-state index is 0.0307. The van der Waals surface area contributed by atoms with Crippen LogP contribution in [0.2, 0.25) is 0 Å². The molecule has 3 aromatic carbocycles. The van der Waals surface area contributed by atoms with Gasteiger partial charge in [0.25, 0.3) is 11.6 Å². The van der Waals surface area contributed by atoms with E-state index >= 15 is 0 Å². The van der Waals surface area contributed by atoms with Gasteiger partial charge in [0, 0.05) is 75.5 Å². The summed E-state index contributed by atoms with van der Waals surface area (Å²) in [6.45, 7) is 9.13. The Balaban J connectivity index is 1.25. The fourth-order valence-electron chi connectivity index (χ4n) is 5.98. The predicted octanol–water partition coefficient (Wildman–Crippen LogP) is 4.27. The first kappa shape index (κ1) is 34.0. The summed E-state index contributed by atoms with van der Waals surface area (Å²) in [6, 6.07) is 22.2. The van der Waals surface area contributed by atoms with Gasteiger partial charge in [0.15, 0.2) is 12.4 Å². The number of nitrogens with one attached hydrogen (secondary N) is 1. The minimum atomic E-state index is -0.872. The van der Waals surface area contributed by atoms with E-state index in [9.17, 15) is 24.8 Å². The molecular weight excluding hydrogens is 604 g/mol. The molecule has 2 heterocycles. The number of amides is 1. The first-order valence-corrected chi connectivity index (χ1v) is 15.9. The first-order chi connectivity index (χ1) is 22.6. The summed E-state index contributed by atoms with van der Waals surface area (Å²) in [6.07, 6.45) is -1.87. The van der Waals surface area contributed by atoms with Gasteiger partial charge in [0.05, 0.1) is 23.7 Å². The second kappa shape index (κ2) is 15.5. The molecule has 2 fully saturated rings. The molecule has 0 unspecified atom stereocenters. The van der Waals surface area contributed by atoms with E-state index in [-0.39, 0.29) is 47.8 Å². The van der Waals surface area contributed by atoms with Gasteiger partial charge in [-0.25, -0.2) is 0 Å². The average Bonchev–Trinajstić information content (AvgIpc) is 3.08. The van der Waals surface area contributed by atoms with Crippen LogP contribution in [0, 0.1) is 16.0 Å². The topological polar surface area (TPSA) is 144 Å². The van der Waals surface area contributed by atoms with E-state index in [4.69, 9.17) is 14.2 Å². The molecule has 5 atom stereocenters. The number of piperazine rings is 1. The Hall–Kier alpha value is -4.36. The van der Waals surface area contributed by atoms with Crippen LogP contribution < -0.4 is 10.2 Å². The van der Waals surface area contributed by atoms with Crippen LogP contribution in [0.3, 0.4) is 0 Å². The van der Waals surface area contributed by atoms with E-state index in [1.54, 1.807) is 24.3 Å². The van der Waals surface area contributed by atoms with Gasteiger partial charge in [-0.05, 0) is 35.7 Å². The van der Waals surface area contributed by atoms with Gasteiger partial charge < -0.3 is 29.5 Å². The lowest BCUT2D eigenvalue weighted by atomic mass is 9.90. The minimum Gasteiger partial charge on any atom is -0.453 e. The van der Waals surface area contributed by atoms with Crippen molar-refractivity contribution in [2.75, 3.05) is 37.6 Å². The van der Waals surface area contributed by atoms with Gasteiger partial charge in [0.1, 0.15) is 0 Å². The number of benzene rings is 3. The normalized spacial score (nSPS) is 22.3. The Morgan fingerprint density at radius 3 is 2.17 bits per heavy atom. The standard InChI is InChI=1S/C35H42N4O8/c1-23-32(21-37-16-18-38(19-17-37)30-12-14-31(15-13-30)39(43)44)46-35(47-33(23)28-8-6-27(22-40)7-9-28)29-10-4-26(5-11-29)20-36-34(42)24(2)45-25(3)41/h4-15,23-24,32-33,35,40H,16-22H2,1-3H3,(H,36,42)/t23-,24-,32+,33+,35+/m0/s1. The number of nitro benzene ring substituents is 1. The van der Waals surface area contributed by atoms with Crippen LogP contribution >= 0.6 is 0 Å². The number of ether oxygens (including phenoxy) is 3. The number of hydrogen-bond acceptors (Lipinski definition) is 10. The maximum absolute atomic E-state index is 12.3. The van der Waals surface area contributed by atoms with Crippen molar-refractivity contribution in [1.29, 1.82) is 0 Å². The van der Waals surface area contributed by atoms with Gasteiger partial charge in [0.2, 0.25) is 0 Å². The highest BCUT2D eigenvalue weighted by Crippen LogP contribution is 2.42. The fourth-order valence-corrected chi connectivity index (χ4v) is 5.98. The third-order valence-corrected chi connectivity index (χ3v) is 8.79. The zero-order chi connectivity index (χ0) is 33.5. The number of hydrogen-bond donors (Lipinski definition) is 2. The number of esters is 1. The van der Waals surface area contributed by atoms with E-state index < -0.39 is 18.4 Å². The summed E-state index contributed by atoms with van der Waals surface area (Å²) in [5.74, 6) is -0.847. The largest absolute Gasteiger partial charge is 0.453 e. The number of non-ortho nitro benzene ring substituents is 1. The van der Waals surface area contributed by atoms with Crippen molar-refractivity contribution in [3.63, 3.8) is 0 Å². The summed E-state index contributed by atoms with van der Waals surface area (Å²) >= 11 is 0. The highest BCUT2D eigenvalue weighted by molar-refractivity contribution is 5.82. The molecule has 0 bridgehead atoms. The summed E-state index contributed by atoms with van der Waals surface area (Å²) in [7, 11) is 0. The Labute approximate surface area is 274 Å². The van der Waals surface area contributed by atoms with E-state index in [0.29, 0.717) is 6.54 Å². The highest BCUT2D eigenvalue weighted by Gasteiger charge is 2.39. The summed E-state index contributed by atoms with van der Waals surface area (Å²) in [4.78, 5) is 38.7. The monoisotopic (exact) mass is 646 g/mol. The highest BCUT2D eigenvalue weighted by atomic mass is 16.7. The third-order valence-electron chi connectivity index (χ3n) is 8.79. The van der Waals surface area contributed by atoms with Gasteiger partial charge in [-0.1, -0.05) is 55.5 Å². The van der Waals surface area contributed by atoms with Crippen molar-refractivity contribution in [1.82, 2.24) is 10.2 Å². The van der Waals surface area contributed by atoms with Crippen molar-refractivity contribution in [3.05, 3.63) is 105 Å². The Morgan fingerprint density at radius 1 is 0.957 bits per heavy atom. The number of aliphatic hydroxyl groups excluding tert-OH is 1. The van der Waals surface area contributed by atoms with Crippen LogP contribution in [-0.4, -0.2) is 71.7 Å². The molecule has 0 aliphatic carbocycles. The number of carbonyl (C=O) groups is 2. The van der Waals surface area contributed by atoms with E-state index in [0.717, 1.165) is 54.1 Å². The molecule has 12 nitrogen and oxygen atoms in total. The second-order valence-electron chi connectivity index (χ2n) is 12.1. The zero-order valence-corrected chi connectivity index (χ0v) is 26.9. The average molecular weight is 647 g/mol. The number of nitrogens with zero attached hydrogens (tertiary/aromatic N) is 3. The molecule has 250 valence electrons. The summed E-state index contributed by atoms with van der Waals surface area (Å²) in [5.41, 5.74) is 4.62. The number of anilines is 1. The van der Waals surface area contributed by atoms with Crippen molar-refractivity contribution in [3.8, 4) is 0 Å². The number of carbonyl (C=O) groups excluding carboxylic acids is 2. The molecule has 0 aromatic heterocycles. The summed E-state index contributed by atoms with van der Waals surface area (Å²) in [5, 5.41) is 23.4.